The molecule has 16 heteroatoms. The van der Waals surface area contributed by atoms with E-state index in [0.29, 0.717) is 42.9 Å². The SMILES string of the molecule is CCC(=O)N1CCN(CCOCCON([C@H](CCNC(=O)OCc2ccccc2)C(=O)ON)S(=O)(=O)c2ccc(-c3ccc(OC)cc3)cc2)CC1. The summed E-state index contributed by atoms with van der Waals surface area (Å²) in [4.78, 5) is 51.4. The molecule has 0 unspecified atom stereocenters. The Hall–Kier alpha value is -4.58. The van der Waals surface area contributed by atoms with Crippen LogP contribution in [0.4, 0.5) is 4.79 Å². The number of sulfonamides is 1. The second-order valence-corrected chi connectivity index (χ2v) is 13.5. The average Bonchev–Trinajstić information content (AvgIpc) is 3.18. The first kappa shape index (κ1) is 40.2. The number of amides is 2. The van der Waals surface area contributed by atoms with Crippen molar-refractivity contribution in [2.75, 3.05) is 66.2 Å². The molecule has 2 amide bonds. The molecule has 282 valence electrons. The number of nitrogens with zero attached hydrogens (tertiary/aromatic N) is 3. The highest BCUT2D eigenvalue weighted by Crippen LogP contribution is 2.26. The van der Waals surface area contributed by atoms with Gasteiger partial charge in [-0.1, -0.05) is 66.0 Å². The number of rotatable bonds is 19. The molecule has 0 spiro atoms. The van der Waals surface area contributed by atoms with Crippen LogP contribution in [-0.2, 0) is 45.4 Å². The normalized spacial score (nSPS) is 14.1. The number of methoxy groups -OCH3 is 1. The smallest absolute Gasteiger partial charge is 0.407 e. The Kier molecular flexibility index (Phi) is 15.8. The predicted molar refractivity (Wildman–Crippen MR) is 191 cm³/mol. The predicted octanol–water partition coefficient (Wildman–Crippen LogP) is 2.96. The van der Waals surface area contributed by atoms with E-state index in [1.807, 2.05) is 42.2 Å². The number of piperazine rings is 1. The lowest BCUT2D eigenvalue weighted by molar-refractivity contribution is -0.172. The fourth-order valence-corrected chi connectivity index (χ4v) is 6.86. The van der Waals surface area contributed by atoms with E-state index in [4.69, 9.17) is 24.9 Å². The van der Waals surface area contributed by atoms with Crippen LogP contribution in [0.5, 0.6) is 5.75 Å². The standard InChI is InChI=1S/C36H47N5O10S/c1-3-34(42)40-21-19-39(20-22-40)23-24-48-25-26-50-41(33(35(43)51-37)17-18-38-36(44)49-27-28-7-5-4-6-8-28)52(45,46)32-15-11-30(12-16-32)29-9-13-31(47-2)14-10-29/h4-16,33H,3,17-27,37H2,1-2H3,(H,38,44)/t33-/m1/s1. The number of carbonyl (C=O) groups is 3. The van der Waals surface area contributed by atoms with Crippen molar-refractivity contribution in [3.63, 3.8) is 0 Å². The van der Waals surface area contributed by atoms with Crippen LogP contribution in [-0.4, -0.2) is 113 Å². The van der Waals surface area contributed by atoms with E-state index in [1.165, 1.54) is 12.1 Å². The van der Waals surface area contributed by atoms with Crippen molar-refractivity contribution >= 4 is 28.0 Å². The maximum Gasteiger partial charge on any atom is 0.407 e. The van der Waals surface area contributed by atoms with Gasteiger partial charge < -0.3 is 29.3 Å². The first-order valence-corrected chi connectivity index (χ1v) is 18.4. The maximum atomic E-state index is 14.1. The monoisotopic (exact) mass is 741 g/mol. The van der Waals surface area contributed by atoms with E-state index >= 15 is 0 Å². The Labute approximate surface area is 304 Å². The lowest BCUT2D eigenvalue weighted by Gasteiger charge is -2.34. The molecule has 4 rings (SSSR count). The highest BCUT2D eigenvalue weighted by molar-refractivity contribution is 7.89. The van der Waals surface area contributed by atoms with Gasteiger partial charge in [-0.25, -0.2) is 18.0 Å². The van der Waals surface area contributed by atoms with Gasteiger partial charge in [0.05, 0.1) is 31.8 Å². The quantitative estimate of drug-likeness (QED) is 0.136. The maximum absolute atomic E-state index is 14.1. The second-order valence-electron chi connectivity index (χ2n) is 11.8. The third-order valence-electron chi connectivity index (χ3n) is 8.38. The lowest BCUT2D eigenvalue weighted by Crippen LogP contribution is -2.49. The minimum Gasteiger partial charge on any atom is -0.497 e. The summed E-state index contributed by atoms with van der Waals surface area (Å²) in [6.07, 6.45) is -0.542. The molecule has 0 aliphatic carbocycles. The largest absolute Gasteiger partial charge is 0.497 e. The van der Waals surface area contributed by atoms with Crippen molar-refractivity contribution in [1.82, 2.24) is 19.6 Å². The summed E-state index contributed by atoms with van der Waals surface area (Å²) in [5.41, 5.74) is 2.36. The fourth-order valence-electron chi connectivity index (χ4n) is 5.43. The molecule has 3 N–H and O–H groups in total. The minimum atomic E-state index is -4.49. The van der Waals surface area contributed by atoms with E-state index in [1.54, 1.807) is 43.5 Å². The zero-order valence-electron chi connectivity index (χ0n) is 29.5. The number of ether oxygens (including phenoxy) is 3. The molecule has 1 fully saturated rings. The average molecular weight is 742 g/mol. The molecule has 0 radical (unpaired) electrons. The third kappa shape index (κ3) is 11.7. The van der Waals surface area contributed by atoms with Crippen molar-refractivity contribution in [3.8, 4) is 16.9 Å². The van der Waals surface area contributed by atoms with E-state index in [2.05, 4.69) is 15.1 Å². The number of hydrogen-bond donors (Lipinski definition) is 2. The van der Waals surface area contributed by atoms with Gasteiger partial charge in [0.15, 0.2) is 6.04 Å². The van der Waals surface area contributed by atoms with E-state index < -0.39 is 28.1 Å². The van der Waals surface area contributed by atoms with E-state index in [9.17, 15) is 22.8 Å². The molecule has 1 aliphatic heterocycles. The number of hydroxylamine groups is 1. The van der Waals surface area contributed by atoms with Gasteiger partial charge in [-0.2, -0.15) is 5.90 Å². The highest BCUT2D eigenvalue weighted by Gasteiger charge is 2.38. The van der Waals surface area contributed by atoms with E-state index in [-0.39, 0.29) is 43.6 Å². The van der Waals surface area contributed by atoms with Gasteiger partial charge in [-0.3, -0.25) is 14.5 Å². The minimum absolute atomic E-state index is 0.00513. The third-order valence-corrected chi connectivity index (χ3v) is 10.1. The number of carbonyl (C=O) groups excluding carboxylic acids is 3. The van der Waals surface area contributed by atoms with Crippen LogP contribution in [0.25, 0.3) is 11.1 Å². The molecule has 1 saturated heterocycles. The van der Waals surface area contributed by atoms with Crippen LogP contribution in [0.2, 0.25) is 0 Å². The van der Waals surface area contributed by atoms with Gasteiger partial charge in [0, 0.05) is 45.7 Å². The van der Waals surface area contributed by atoms with Crippen molar-refractivity contribution in [2.45, 2.75) is 37.3 Å². The Morgan fingerprint density at radius 3 is 2.15 bits per heavy atom. The summed E-state index contributed by atoms with van der Waals surface area (Å²) < 4.78 is 44.8. The lowest BCUT2D eigenvalue weighted by atomic mass is 10.1. The molecule has 15 nitrogen and oxygen atoms in total. The van der Waals surface area contributed by atoms with E-state index in [0.717, 1.165) is 29.8 Å². The van der Waals surface area contributed by atoms with Crippen LogP contribution >= 0.6 is 0 Å². The fraction of sp³-hybridized carbons (Fsp3) is 0.417. The van der Waals surface area contributed by atoms with Gasteiger partial charge in [0.25, 0.3) is 10.0 Å². The van der Waals surface area contributed by atoms with Crippen LogP contribution in [0.3, 0.4) is 0 Å². The number of hydrogen-bond acceptors (Lipinski definition) is 12. The van der Waals surface area contributed by atoms with Crippen molar-refractivity contribution in [1.29, 1.82) is 0 Å². The summed E-state index contributed by atoms with van der Waals surface area (Å²) in [5.74, 6) is 4.96. The van der Waals surface area contributed by atoms with Crippen LogP contribution in [0.1, 0.15) is 25.3 Å². The molecule has 1 atom stereocenters. The first-order chi connectivity index (χ1) is 25.2. The number of nitrogens with two attached hydrogens (primary N) is 1. The zero-order chi connectivity index (χ0) is 37.3. The van der Waals surface area contributed by atoms with Gasteiger partial charge in [-0.15, -0.1) is 0 Å². The molecule has 3 aromatic carbocycles. The first-order valence-electron chi connectivity index (χ1n) is 17.0. The van der Waals surface area contributed by atoms with Crippen molar-refractivity contribution < 1.29 is 46.7 Å². The van der Waals surface area contributed by atoms with Gasteiger partial charge in [0.1, 0.15) is 12.4 Å². The van der Waals surface area contributed by atoms with Gasteiger partial charge in [-0.05, 0) is 47.4 Å². The summed E-state index contributed by atoms with van der Waals surface area (Å²) in [7, 11) is -2.92. The number of nitrogens with one attached hydrogen (secondary N) is 1. The Morgan fingerprint density at radius 2 is 1.54 bits per heavy atom. The Morgan fingerprint density at radius 1 is 0.885 bits per heavy atom. The van der Waals surface area contributed by atoms with Crippen molar-refractivity contribution in [2.24, 2.45) is 5.90 Å². The molecule has 0 bridgehead atoms. The highest BCUT2D eigenvalue weighted by atomic mass is 32.2. The van der Waals surface area contributed by atoms with Crippen LogP contribution in [0.15, 0.2) is 83.8 Å². The second kappa shape index (κ2) is 20.5. The topological polar surface area (TPSA) is 179 Å². The summed E-state index contributed by atoms with van der Waals surface area (Å²) in [6.45, 7) is 5.19. The van der Waals surface area contributed by atoms with Gasteiger partial charge >= 0.3 is 12.1 Å². The molecule has 0 aromatic heterocycles. The summed E-state index contributed by atoms with van der Waals surface area (Å²) >= 11 is 0. The molecular weight excluding hydrogens is 694 g/mol. The molecule has 0 saturated carbocycles. The summed E-state index contributed by atoms with van der Waals surface area (Å²) in [5, 5.41) is 2.52. The molecule has 1 aliphatic rings. The zero-order valence-corrected chi connectivity index (χ0v) is 30.3. The van der Waals surface area contributed by atoms with Gasteiger partial charge in [0.2, 0.25) is 5.91 Å². The molecular formula is C36H47N5O10S. The summed E-state index contributed by atoms with van der Waals surface area (Å²) in [6, 6.07) is 20.8. The molecule has 52 heavy (non-hydrogen) atoms. The Balaban J connectivity index is 1.41. The van der Waals surface area contributed by atoms with Crippen LogP contribution < -0.4 is 16.0 Å². The number of alkyl carbamates (subject to hydrolysis) is 1. The molecule has 1 heterocycles. The van der Waals surface area contributed by atoms with Crippen molar-refractivity contribution in [3.05, 3.63) is 84.4 Å². The number of benzene rings is 3. The Bertz CT molecular complexity index is 1670. The van der Waals surface area contributed by atoms with Crippen LogP contribution in [0, 0.1) is 0 Å². The molecule has 3 aromatic rings.